The van der Waals surface area contributed by atoms with Crippen molar-refractivity contribution in [2.45, 2.75) is 13.0 Å². The van der Waals surface area contributed by atoms with Gasteiger partial charge in [-0.05, 0) is 73.2 Å². The minimum absolute atomic E-state index is 0.0134. The van der Waals surface area contributed by atoms with E-state index in [1.807, 2.05) is 6.92 Å². The summed E-state index contributed by atoms with van der Waals surface area (Å²) >= 11 is 12.1. The summed E-state index contributed by atoms with van der Waals surface area (Å²) in [5.41, 5.74) is 1.43. The first kappa shape index (κ1) is 23.0. The fraction of sp³-hybridized carbons (Fsp3) is 0.111. The van der Waals surface area contributed by atoms with Crippen LogP contribution in [-0.4, -0.2) is 23.4 Å². The van der Waals surface area contributed by atoms with Crippen LogP contribution in [-0.2, 0) is 4.79 Å². The molecule has 1 atom stereocenters. The van der Waals surface area contributed by atoms with Crippen molar-refractivity contribution in [3.8, 4) is 5.75 Å². The van der Waals surface area contributed by atoms with Crippen molar-refractivity contribution in [2.24, 2.45) is 0 Å². The third-order valence-electron chi connectivity index (χ3n) is 5.74. The minimum atomic E-state index is -0.923. The number of ether oxygens (including phenoxy) is 1. The van der Waals surface area contributed by atoms with E-state index in [1.165, 1.54) is 4.90 Å². The van der Waals surface area contributed by atoms with Crippen molar-refractivity contribution in [1.82, 2.24) is 0 Å². The Balaban J connectivity index is 1.65. The third kappa shape index (κ3) is 4.16. The number of carbonyl (C=O) groups excluding carboxylic acids is 2. The quantitative estimate of drug-likeness (QED) is 0.286. The average molecular weight is 508 g/mol. The normalized spacial score (nSPS) is 15.8. The molecule has 0 spiro atoms. The lowest BCUT2D eigenvalue weighted by atomic mass is 9.94. The van der Waals surface area contributed by atoms with Crippen LogP contribution in [0.2, 0.25) is 10.0 Å². The van der Waals surface area contributed by atoms with Gasteiger partial charge < -0.3 is 14.3 Å². The first-order chi connectivity index (χ1) is 16.9. The number of aliphatic hydroxyl groups is 1. The highest BCUT2D eigenvalue weighted by Crippen LogP contribution is 2.43. The predicted octanol–water partition coefficient (Wildman–Crippen LogP) is 6.92. The van der Waals surface area contributed by atoms with Crippen LogP contribution < -0.4 is 9.64 Å². The number of benzene rings is 3. The monoisotopic (exact) mass is 507 g/mol. The number of hydrogen-bond acceptors (Lipinski definition) is 5. The number of aliphatic hydroxyl groups excluding tert-OH is 1. The van der Waals surface area contributed by atoms with E-state index in [1.54, 1.807) is 72.8 Å². The van der Waals surface area contributed by atoms with E-state index in [4.69, 9.17) is 32.4 Å². The highest BCUT2D eigenvalue weighted by atomic mass is 35.5. The van der Waals surface area contributed by atoms with E-state index in [-0.39, 0.29) is 11.3 Å². The van der Waals surface area contributed by atoms with Crippen LogP contribution in [0.5, 0.6) is 5.75 Å². The molecule has 4 aromatic rings. The number of nitrogens with zero attached hydrogens (tertiary/aromatic N) is 1. The Morgan fingerprint density at radius 2 is 1.77 bits per heavy atom. The Bertz CT molecular complexity index is 1490. The maximum Gasteiger partial charge on any atom is 0.294 e. The molecule has 0 radical (unpaired) electrons. The Morgan fingerprint density at radius 3 is 2.51 bits per heavy atom. The van der Waals surface area contributed by atoms with Gasteiger partial charge in [0.2, 0.25) is 5.78 Å². The zero-order valence-corrected chi connectivity index (χ0v) is 20.0. The molecule has 35 heavy (non-hydrogen) atoms. The average Bonchev–Trinajstić information content (AvgIpc) is 3.38. The largest absolute Gasteiger partial charge is 0.503 e. The molecule has 1 aliphatic rings. The van der Waals surface area contributed by atoms with Crippen molar-refractivity contribution in [1.29, 1.82) is 0 Å². The second-order valence-corrected chi connectivity index (χ2v) is 8.82. The number of carbonyl (C=O) groups is 2. The van der Waals surface area contributed by atoms with Crippen molar-refractivity contribution in [3.05, 3.63) is 105 Å². The first-order valence-electron chi connectivity index (χ1n) is 10.9. The summed E-state index contributed by atoms with van der Waals surface area (Å²) in [6, 6.07) is 19.3. The molecule has 1 aliphatic heterocycles. The van der Waals surface area contributed by atoms with E-state index >= 15 is 0 Å². The molecule has 0 saturated carbocycles. The molecule has 8 heteroatoms. The molecule has 1 amide bonds. The second-order valence-electron chi connectivity index (χ2n) is 7.94. The number of anilines is 1. The van der Waals surface area contributed by atoms with Crippen LogP contribution in [0.25, 0.3) is 11.0 Å². The minimum Gasteiger partial charge on any atom is -0.503 e. The maximum atomic E-state index is 13.7. The molecular formula is C27H19Cl2NO5. The topological polar surface area (TPSA) is 80.0 Å². The molecule has 0 fully saturated rings. The zero-order valence-electron chi connectivity index (χ0n) is 18.5. The first-order valence-corrected chi connectivity index (χ1v) is 11.6. The molecule has 5 rings (SSSR count). The van der Waals surface area contributed by atoms with Crippen molar-refractivity contribution in [3.63, 3.8) is 0 Å². The highest BCUT2D eigenvalue weighted by Gasteiger charge is 2.45. The highest BCUT2D eigenvalue weighted by molar-refractivity contribution is 6.31. The Labute approximate surface area is 210 Å². The van der Waals surface area contributed by atoms with E-state index in [0.717, 1.165) is 0 Å². The summed E-state index contributed by atoms with van der Waals surface area (Å²) in [5, 5.41) is 12.6. The van der Waals surface area contributed by atoms with E-state index < -0.39 is 23.5 Å². The fourth-order valence-corrected chi connectivity index (χ4v) is 4.53. The Morgan fingerprint density at radius 1 is 1.03 bits per heavy atom. The summed E-state index contributed by atoms with van der Waals surface area (Å²) in [4.78, 5) is 28.4. The molecule has 3 aromatic carbocycles. The lowest BCUT2D eigenvalue weighted by Crippen LogP contribution is -2.31. The number of fused-ring (bicyclic) bond motifs is 1. The molecular weight excluding hydrogens is 489 g/mol. The SMILES string of the molecule is CCOc1cccc(C2C(C(=O)c3cc4cc(Cl)ccc4o3)=C(O)C(=O)N2c2ccc(Cl)cc2)c1. The maximum absolute atomic E-state index is 13.7. The number of furan rings is 1. The van der Waals surface area contributed by atoms with Crippen LogP contribution in [0.1, 0.15) is 29.1 Å². The lowest BCUT2D eigenvalue weighted by molar-refractivity contribution is -0.117. The van der Waals surface area contributed by atoms with E-state index in [2.05, 4.69) is 0 Å². The smallest absolute Gasteiger partial charge is 0.294 e. The zero-order chi connectivity index (χ0) is 24.7. The molecule has 0 saturated heterocycles. The van der Waals surface area contributed by atoms with Gasteiger partial charge in [0.1, 0.15) is 11.3 Å². The van der Waals surface area contributed by atoms with Crippen molar-refractivity contribution >= 4 is 51.5 Å². The molecule has 1 unspecified atom stereocenters. The summed E-state index contributed by atoms with van der Waals surface area (Å²) in [6.07, 6.45) is 0. The van der Waals surface area contributed by atoms with Crippen molar-refractivity contribution in [2.75, 3.05) is 11.5 Å². The van der Waals surface area contributed by atoms with Gasteiger partial charge in [-0.25, -0.2) is 0 Å². The van der Waals surface area contributed by atoms with E-state index in [0.29, 0.717) is 44.6 Å². The number of ketones is 1. The number of amides is 1. The van der Waals surface area contributed by atoms with Gasteiger partial charge in [-0.3, -0.25) is 14.5 Å². The Hall–Kier alpha value is -3.74. The molecule has 1 N–H and O–H groups in total. The van der Waals surface area contributed by atoms with Gasteiger partial charge >= 0.3 is 0 Å². The molecule has 0 bridgehead atoms. The van der Waals surface area contributed by atoms with Gasteiger partial charge in [-0.2, -0.15) is 0 Å². The van der Waals surface area contributed by atoms with Crippen LogP contribution in [0.15, 0.2) is 88.5 Å². The summed E-state index contributed by atoms with van der Waals surface area (Å²) in [7, 11) is 0. The van der Waals surface area contributed by atoms with Crippen LogP contribution in [0, 0.1) is 0 Å². The molecule has 6 nitrogen and oxygen atoms in total. The summed E-state index contributed by atoms with van der Waals surface area (Å²) in [5.74, 6) is -1.39. The van der Waals surface area contributed by atoms with Crippen LogP contribution in [0.3, 0.4) is 0 Å². The van der Waals surface area contributed by atoms with Gasteiger partial charge in [0.05, 0.1) is 18.2 Å². The fourth-order valence-electron chi connectivity index (χ4n) is 4.22. The van der Waals surface area contributed by atoms with Gasteiger partial charge in [0.25, 0.3) is 5.91 Å². The van der Waals surface area contributed by atoms with Gasteiger partial charge in [-0.1, -0.05) is 35.3 Å². The predicted molar refractivity (Wildman–Crippen MR) is 134 cm³/mol. The standard InChI is InChI=1S/C27H19Cl2NO5/c1-2-34-20-5-3-4-15(13-20)24-23(25(31)22-14-16-12-18(29)8-11-21(16)35-22)26(32)27(33)30(24)19-9-6-17(28)7-10-19/h3-14,24,32H,2H2,1H3. The molecule has 0 aliphatic carbocycles. The molecule has 2 heterocycles. The second kappa shape index (κ2) is 9.13. The summed E-state index contributed by atoms with van der Waals surface area (Å²) < 4.78 is 11.4. The molecule has 1 aromatic heterocycles. The Kier molecular flexibility index (Phi) is 6.01. The van der Waals surface area contributed by atoms with Crippen LogP contribution >= 0.6 is 23.2 Å². The number of halogens is 2. The summed E-state index contributed by atoms with van der Waals surface area (Å²) in [6.45, 7) is 2.31. The number of rotatable bonds is 6. The number of hydrogen-bond donors (Lipinski definition) is 1. The van der Waals surface area contributed by atoms with Crippen molar-refractivity contribution < 1.29 is 23.8 Å². The third-order valence-corrected chi connectivity index (χ3v) is 6.23. The lowest BCUT2D eigenvalue weighted by Gasteiger charge is -2.27. The number of Topliss-reactive ketones (excluding diaryl/α,β-unsaturated/α-hetero) is 1. The van der Waals surface area contributed by atoms with Gasteiger partial charge in [-0.15, -0.1) is 0 Å². The van der Waals surface area contributed by atoms with Gasteiger partial charge in [0, 0.05) is 21.1 Å². The molecule has 176 valence electrons. The van der Waals surface area contributed by atoms with Crippen LogP contribution in [0.4, 0.5) is 5.69 Å². The van der Waals surface area contributed by atoms with Gasteiger partial charge in [0.15, 0.2) is 11.5 Å². The van der Waals surface area contributed by atoms with E-state index in [9.17, 15) is 14.7 Å².